The Kier molecular flexibility index (Phi) is 4.70. The first kappa shape index (κ1) is 17.4. The van der Waals surface area contributed by atoms with Gasteiger partial charge < -0.3 is 4.42 Å². The summed E-state index contributed by atoms with van der Waals surface area (Å²) in [7, 11) is 0. The van der Waals surface area contributed by atoms with Gasteiger partial charge in [0.1, 0.15) is 17.3 Å². The summed E-state index contributed by atoms with van der Waals surface area (Å²) >= 11 is 11.4. The van der Waals surface area contributed by atoms with Crippen molar-refractivity contribution < 1.29 is 8.81 Å². The lowest BCUT2D eigenvalue weighted by molar-refractivity contribution is 0.574. The van der Waals surface area contributed by atoms with Crippen molar-refractivity contribution in [2.24, 2.45) is 5.10 Å². The van der Waals surface area contributed by atoms with Crippen LogP contribution in [0.25, 0.3) is 22.7 Å². The van der Waals surface area contributed by atoms with Gasteiger partial charge in [-0.05, 0) is 48.6 Å². The minimum Gasteiger partial charge on any atom is -0.455 e. The molecule has 0 aliphatic heterocycles. The number of halogens is 2. The highest BCUT2D eigenvalue weighted by molar-refractivity contribution is 7.71. The van der Waals surface area contributed by atoms with Crippen molar-refractivity contribution in [3.8, 4) is 22.7 Å². The third-order valence-corrected chi connectivity index (χ3v) is 4.43. The summed E-state index contributed by atoms with van der Waals surface area (Å²) < 4.78 is 21.4. The van der Waals surface area contributed by atoms with E-state index in [4.69, 9.17) is 28.2 Å². The Morgan fingerprint density at radius 2 is 1.81 bits per heavy atom. The van der Waals surface area contributed by atoms with Crippen LogP contribution in [0.4, 0.5) is 4.39 Å². The highest BCUT2D eigenvalue weighted by Gasteiger charge is 2.12. The van der Waals surface area contributed by atoms with Crippen LogP contribution < -0.4 is 0 Å². The lowest BCUT2D eigenvalue weighted by Crippen LogP contribution is -1.96. The zero-order chi connectivity index (χ0) is 18.8. The Labute approximate surface area is 163 Å². The van der Waals surface area contributed by atoms with E-state index in [1.165, 1.54) is 17.0 Å². The predicted molar refractivity (Wildman–Crippen MR) is 105 cm³/mol. The summed E-state index contributed by atoms with van der Waals surface area (Å²) in [5, 5.41) is 11.6. The molecule has 0 saturated carbocycles. The van der Waals surface area contributed by atoms with E-state index in [9.17, 15) is 4.39 Å². The Balaban J connectivity index is 1.67. The van der Waals surface area contributed by atoms with Crippen molar-refractivity contribution in [1.82, 2.24) is 14.9 Å². The van der Waals surface area contributed by atoms with Crippen LogP contribution in [0.3, 0.4) is 0 Å². The molecule has 0 fully saturated rings. The smallest absolute Gasteiger partial charge is 0.216 e. The lowest BCUT2D eigenvalue weighted by Gasteiger charge is -2.01. The number of hydrogen-bond donors (Lipinski definition) is 1. The first-order valence-corrected chi connectivity index (χ1v) is 8.73. The number of furan rings is 1. The molecule has 0 spiro atoms. The molecule has 27 heavy (non-hydrogen) atoms. The van der Waals surface area contributed by atoms with Crippen molar-refractivity contribution in [2.75, 3.05) is 0 Å². The molecule has 2 aromatic carbocycles. The van der Waals surface area contributed by atoms with E-state index in [1.54, 1.807) is 36.4 Å². The van der Waals surface area contributed by atoms with Gasteiger partial charge in [0.05, 0.1) is 16.8 Å². The van der Waals surface area contributed by atoms with Gasteiger partial charge in [0.15, 0.2) is 5.82 Å². The molecule has 4 aromatic rings. The monoisotopic (exact) mass is 398 g/mol. The number of nitrogens with zero attached hydrogens (tertiary/aromatic N) is 3. The van der Waals surface area contributed by atoms with E-state index in [-0.39, 0.29) is 10.6 Å². The van der Waals surface area contributed by atoms with Crippen LogP contribution in [0.15, 0.2) is 70.2 Å². The molecule has 0 bridgehead atoms. The molecule has 8 heteroatoms. The first-order chi connectivity index (χ1) is 13.1. The third-order valence-electron chi connectivity index (χ3n) is 3.83. The van der Waals surface area contributed by atoms with Crippen molar-refractivity contribution >= 4 is 30.0 Å². The van der Waals surface area contributed by atoms with Crippen LogP contribution in [0.5, 0.6) is 0 Å². The molecule has 2 heterocycles. The minimum atomic E-state index is -0.415. The maximum atomic E-state index is 14.1. The summed E-state index contributed by atoms with van der Waals surface area (Å²) in [6, 6.07) is 17.2. The van der Waals surface area contributed by atoms with Crippen LogP contribution in [-0.4, -0.2) is 21.1 Å². The lowest BCUT2D eigenvalue weighted by atomic mass is 10.2. The number of nitrogens with one attached hydrogen (secondary N) is 1. The number of aromatic nitrogens is 3. The Morgan fingerprint density at radius 3 is 2.59 bits per heavy atom. The van der Waals surface area contributed by atoms with E-state index >= 15 is 0 Å². The van der Waals surface area contributed by atoms with Crippen LogP contribution >= 0.6 is 23.8 Å². The normalized spacial score (nSPS) is 11.3. The summed E-state index contributed by atoms with van der Waals surface area (Å²) in [4.78, 5) is 0. The molecule has 0 unspecified atom stereocenters. The number of H-pyrrole nitrogens is 1. The van der Waals surface area contributed by atoms with Crippen LogP contribution in [0.2, 0.25) is 5.02 Å². The summed E-state index contributed by atoms with van der Waals surface area (Å²) in [6.07, 6.45) is 1.48. The fourth-order valence-corrected chi connectivity index (χ4v) is 2.97. The minimum absolute atomic E-state index is 0.238. The van der Waals surface area contributed by atoms with Crippen LogP contribution in [0.1, 0.15) is 5.76 Å². The van der Waals surface area contributed by atoms with Gasteiger partial charge in [0, 0.05) is 5.56 Å². The second-order valence-corrected chi connectivity index (χ2v) is 6.36. The third kappa shape index (κ3) is 3.47. The molecule has 134 valence electrons. The SMILES string of the molecule is Fc1ccccc1-c1n[nH]c(=S)n1/N=C/c1ccc(-c2ccccc2Cl)o1. The van der Waals surface area contributed by atoms with Gasteiger partial charge in [-0.3, -0.25) is 0 Å². The number of rotatable bonds is 4. The molecule has 2 aromatic heterocycles. The first-order valence-electron chi connectivity index (χ1n) is 7.95. The van der Waals surface area contributed by atoms with Gasteiger partial charge >= 0.3 is 0 Å². The summed E-state index contributed by atoms with van der Waals surface area (Å²) in [5.74, 6) is 0.967. The van der Waals surface area contributed by atoms with Gasteiger partial charge in [0.2, 0.25) is 4.77 Å². The predicted octanol–water partition coefficient (Wildman–Crippen LogP) is 5.54. The van der Waals surface area contributed by atoms with Gasteiger partial charge in [-0.2, -0.15) is 14.9 Å². The molecule has 4 rings (SSSR count). The average molecular weight is 399 g/mol. The standard InChI is InChI=1S/C19H12ClFN4OS/c20-15-7-3-1-5-13(15)17-10-9-12(26-17)11-22-25-18(23-24-19(25)27)14-6-2-4-8-16(14)21/h1-11H,(H,24,27)/b22-11+. The molecule has 0 atom stereocenters. The van der Waals surface area contributed by atoms with Gasteiger partial charge in [0.25, 0.3) is 0 Å². The summed E-state index contributed by atoms with van der Waals surface area (Å²) in [6.45, 7) is 0. The molecule has 0 aliphatic carbocycles. The van der Waals surface area contributed by atoms with Gasteiger partial charge in [-0.15, -0.1) is 0 Å². The van der Waals surface area contributed by atoms with E-state index in [0.717, 1.165) is 5.56 Å². The number of aromatic amines is 1. The molecule has 5 nitrogen and oxygen atoms in total. The molecule has 0 radical (unpaired) electrons. The maximum Gasteiger partial charge on any atom is 0.216 e. The van der Waals surface area contributed by atoms with Crippen LogP contribution in [-0.2, 0) is 0 Å². The van der Waals surface area contributed by atoms with Gasteiger partial charge in [-0.1, -0.05) is 35.9 Å². The Bertz CT molecular complexity index is 1190. The van der Waals surface area contributed by atoms with Crippen LogP contribution in [0, 0.1) is 10.6 Å². The van der Waals surface area contributed by atoms with Crippen molar-refractivity contribution in [1.29, 1.82) is 0 Å². The van der Waals surface area contributed by atoms with Gasteiger partial charge in [-0.25, -0.2) is 9.49 Å². The van der Waals surface area contributed by atoms with E-state index < -0.39 is 5.82 Å². The topological polar surface area (TPSA) is 59.1 Å². The highest BCUT2D eigenvalue weighted by Crippen LogP contribution is 2.28. The fourth-order valence-electron chi connectivity index (χ4n) is 2.56. The van der Waals surface area contributed by atoms with E-state index in [1.807, 2.05) is 18.2 Å². The van der Waals surface area contributed by atoms with Crippen molar-refractivity contribution in [2.45, 2.75) is 0 Å². The van der Waals surface area contributed by atoms with Crippen molar-refractivity contribution in [3.05, 3.63) is 82.0 Å². The zero-order valence-corrected chi connectivity index (χ0v) is 15.3. The van der Waals surface area contributed by atoms with E-state index in [2.05, 4.69) is 15.3 Å². The number of benzene rings is 2. The second kappa shape index (κ2) is 7.30. The maximum absolute atomic E-state index is 14.1. The summed E-state index contributed by atoms with van der Waals surface area (Å²) in [5.41, 5.74) is 1.07. The largest absolute Gasteiger partial charge is 0.455 e. The molecular weight excluding hydrogens is 387 g/mol. The molecule has 0 aliphatic rings. The highest BCUT2D eigenvalue weighted by atomic mass is 35.5. The Morgan fingerprint density at radius 1 is 1.07 bits per heavy atom. The zero-order valence-electron chi connectivity index (χ0n) is 13.8. The quantitative estimate of drug-likeness (QED) is 0.362. The van der Waals surface area contributed by atoms with E-state index in [0.29, 0.717) is 22.1 Å². The number of hydrogen-bond acceptors (Lipinski definition) is 4. The average Bonchev–Trinajstić information content (AvgIpc) is 3.28. The Hall–Kier alpha value is -3.03. The molecule has 1 N–H and O–H groups in total. The van der Waals surface area contributed by atoms with Crippen molar-refractivity contribution in [3.63, 3.8) is 0 Å². The fraction of sp³-hybridized carbons (Fsp3) is 0. The molecular formula is C19H12ClFN4OS. The molecule has 0 saturated heterocycles. The second-order valence-electron chi connectivity index (χ2n) is 5.57. The molecule has 0 amide bonds.